The fourth-order valence-corrected chi connectivity index (χ4v) is 4.20. The van der Waals surface area contributed by atoms with Crippen LogP contribution in [0.4, 0.5) is 8.78 Å². The zero-order valence-corrected chi connectivity index (χ0v) is 16.8. The van der Waals surface area contributed by atoms with Crippen LogP contribution in [0, 0.1) is 11.6 Å². The maximum Gasteiger partial charge on any atom is 0.409 e. The largest absolute Gasteiger partial charge is 0.460 e. The lowest BCUT2D eigenvalue weighted by atomic mass is 10.2. The van der Waals surface area contributed by atoms with Crippen molar-refractivity contribution in [3.63, 3.8) is 0 Å². The predicted octanol–water partition coefficient (Wildman–Crippen LogP) is 4.96. The lowest BCUT2D eigenvalue weighted by Crippen LogP contribution is -2.33. The topological polar surface area (TPSA) is 77.5 Å². The van der Waals surface area contributed by atoms with Crippen LogP contribution in [0.1, 0.15) is 12.5 Å². The van der Waals surface area contributed by atoms with Crippen LogP contribution >= 0.6 is 18.1 Å². The zero-order chi connectivity index (χ0) is 21.0. The molecule has 0 aliphatic rings. The maximum atomic E-state index is 13.6. The third-order valence-electron chi connectivity index (χ3n) is 3.91. The standard InChI is InChI=1S/C19H16ClF2N2O4P/c1-12(19(25)27-11-13-7-8-14(21)10-16(13)22)24-29(20,26)28-18-6-2-5-17-15(18)4-3-9-23-17/h2-10,12H,11H2,1H3,(H,24,26)/t12-,29?/m0/s1. The summed E-state index contributed by atoms with van der Waals surface area (Å²) in [7, 11) is 0. The van der Waals surface area contributed by atoms with Crippen LogP contribution in [0.15, 0.2) is 54.7 Å². The number of pyridine rings is 1. The SMILES string of the molecule is C[C@H](NP(=O)(Cl)Oc1cccc2ncccc12)C(=O)OCc1ccc(F)cc1F. The highest BCUT2D eigenvalue weighted by molar-refractivity contribution is 7.84. The molecule has 29 heavy (non-hydrogen) atoms. The van der Waals surface area contributed by atoms with Gasteiger partial charge in [0, 0.05) is 34.5 Å². The van der Waals surface area contributed by atoms with Gasteiger partial charge in [-0.1, -0.05) is 6.07 Å². The lowest BCUT2D eigenvalue weighted by Gasteiger charge is -2.19. The van der Waals surface area contributed by atoms with Crippen molar-refractivity contribution >= 4 is 35.0 Å². The second-order valence-corrected chi connectivity index (χ2v) is 8.83. The van der Waals surface area contributed by atoms with E-state index in [1.807, 2.05) is 0 Å². The van der Waals surface area contributed by atoms with E-state index < -0.39 is 37.1 Å². The lowest BCUT2D eigenvalue weighted by molar-refractivity contribution is -0.146. The Labute approximate surface area is 170 Å². The molecule has 1 aromatic heterocycles. The molecule has 2 aromatic carbocycles. The van der Waals surface area contributed by atoms with E-state index in [-0.39, 0.29) is 11.3 Å². The number of hydrogen-bond donors (Lipinski definition) is 1. The van der Waals surface area contributed by atoms with Gasteiger partial charge in [-0.3, -0.25) is 9.78 Å². The number of carbonyl (C=O) groups excluding carboxylic acids is 1. The summed E-state index contributed by atoms with van der Waals surface area (Å²) in [5, 5.41) is 2.98. The number of nitrogens with zero attached hydrogens (tertiary/aromatic N) is 1. The van der Waals surface area contributed by atoms with Gasteiger partial charge in [0.05, 0.1) is 5.52 Å². The highest BCUT2D eigenvalue weighted by Crippen LogP contribution is 2.49. The van der Waals surface area contributed by atoms with Gasteiger partial charge in [-0.2, -0.15) is 0 Å². The highest BCUT2D eigenvalue weighted by Gasteiger charge is 2.29. The number of nitrogens with one attached hydrogen (secondary N) is 1. The molecule has 3 aromatic rings. The van der Waals surface area contributed by atoms with Crippen LogP contribution in [0.25, 0.3) is 10.9 Å². The molecule has 2 atom stereocenters. The first-order valence-corrected chi connectivity index (χ1v) is 11.0. The van der Waals surface area contributed by atoms with Crippen LogP contribution in [0.2, 0.25) is 0 Å². The summed E-state index contributed by atoms with van der Waals surface area (Å²) in [5.41, 5.74) is 0.621. The quantitative estimate of drug-likeness (QED) is 0.413. The Balaban J connectivity index is 1.63. The molecule has 1 heterocycles. The molecule has 152 valence electrons. The van der Waals surface area contributed by atoms with Crippen LogP contribution in [0.3, 0.4) is 0 Å². The fraction of sp³-hybridized carbons (Fsp3) is 0.158. The molecule has 1 unspecified atom stereocenters. The van der Waals surface area contributed by atoms with Crippen molar-refractivity contribution in [2.75, 3.05) is 0 Å². The van der Waals surface area contributed by atoms with Crippen molar-refractivity contribution < 1.29 is 27.4 Å². The maximum absolute atomic E-state index is 13.6. The summed E-state index contributed by atoms with van der Waals surface area (Å²) in [4.78, 5) is 16.3. The van der Waals surface area contributed by atoms with Crippen molar-refractivity contribution in [3.05, 3.63) is 71.9 Å². The Hall–Kier alpha value is -2.54. The van der Waals surface area contributed by atoms with Crippen LogP contribution in [-0.4, -0.2) is 17.0 Å². The number of benzene rings is 2. The van der Waals surface area contributed by atoms with Crippen LogP contribution in [0.5, 0.6) is 5.75 Å². The molecule has 1 N–H and O–H groups in total. The first kappa shape index (κ1) is 21.2. The van der Waals surface area contributed by atoms with E-state index >= 15 is 0 Å². The Morgan fingerprint density at radius 1 is 1.24 bits per heavy atom. The van der Waals surface area contributed by atoms with E-state index in [2.05, 4.69) is 10.1 Å². The Kier molecular flexibility index (Phi) is 6.47. The predicted molar refractivity (Wildman–Crippen MR) is 105 cm³/mol. The summed E-state index contributed by atoms with van der Waals surface area (Å²) in [6, 6.07) is 10.2. The molecule has 0 aliphatic heterocycles. The minimum Gasteiger partial charge on any atom is -0.460 e. The number of rotatable bonds is 7. The first-order valence-electron chi connectivity index (χ1n) is 8.46. The molecule has 10 heteroatoms. The van der Waals surface area contributed by atoms with Gasteiger partial charge in [0.15, 0.2) is 0 Å². The third kappa shape index (κ3) is 5.50. The Morgan fingerprint density at radius 2 is 2.03 bits per heavy atom. The van der Waals surface area contributed by atoms with Crippen LogP contribution < -0.4 is 9.61 Å². The smallest absolute Gasteiger partial charge is 0.409 e. The molecule has 0 aliphatic carbocycles. The summed E-state index contributed by atoms with van der Waals surface area (Å²) in [5.74, 6) is -2.18. The third-order valence-corrected chi connectivity index (χ3v) is 5.53. The number of fused-ring (bicyclic) bond motifs is 1. The van der Waals surface area contributed by atoms with Crippen molar-refractivity contribution in [2.24, 2.45) is 0 Å². The van der Waals surface area contributed by atoms with Crippen LogP contribution in [-0.2, 0) is 20.7 Å². The molecule has 6 nitrogen and oxygen atoms in total. The van der Waals surface area contributed by atoms with E-state index in [0.29, 0.717) is 17.0 Å². The molecule has 0 radical (unpaired) electrons. The van der Waals surface area contributed by atoms with E-state index in [9.17, 15) is 18.1 Å². The highest BCUT2D eigenvalue weighted by atomic mass is 35.7. The van der Waals surface area contributed by atoms with Crippen molar-refractivity contribution in [1.29, 1.82) is 0 Å². The monoisotopic (exact) mass is 440 g/mol. The molecular formula is C19H16ClF2N2O4P. The average Bonchev–Trinajstić information content (AvgIpc) is 2.66. The van der Waals surface area contributed by atoms with E-state index in [4.69, 9.17) is 20.5 Å². The second-order valence-electron chi connectivity index (χ2n) is 6.09. The number of ether oxygens (including phenoxy) is 1. The average molecular weight is 441 g/mol. The van der Waals surface area contributed by atoms with Gasteiger partial charge >= 0.3 is 12.8 Å². The van der Waals surface area contributed by atoms with Gasteiger partial charge in [-0.25, -0.2) is 18.4 Å². The Bertz CT molecular complexity index is 1090. The Morgan fingerprint density at radius 3 is 2.79 bits per heavy atom. The molecule has 0 spiro atoms. The molecule has 0 saturated heterocycles. The summed E-state index contributed by atoms with van der Waals surface area (Å²) < 4.78 is 49.5. The summed E-state index contributed by atoms with van der Waals surface area (Å²) in [6.07, 6.45) is 1.60. The van der Waals surface area contributed by atoms with Crippen molar-refractivity contribution in [2.45, 2.75) is 19.6 Å². The normalized spacial score (nSPS) is 14.2. The fourth-order valence-electron chi connectivity index (χ4n) is 2.50. The van der Waals surface area contributed by atoms with Gasteiger partial charge < -0.3 is 9.26 Å². The molecule has 0 fully saturated rings. The molecule has 0 amide bonds. The van der Waals surface area contributed by atoms with E-state index in [1.54, 1.807) is 36.5 Å². The summed E-state index contributed by atoms with van der Waals surface area (Å²) in [6.45, 7) is -3.02. The van der Waals surface area contributed by atoms with Crippen molar-refractivity contribution in [3.8, 4) is 5.75 Å². The first-order chi connectivity index (χ1) is 13.7. The zero-order valence-electron chi connectivity index (χ0n) is 15.1. The molecular weight excluding hydrogens is 425 g/mol. The van der Waals surface area contributed by atoms with E-state index in [1.165, 1.54) is 13.0 Å². The number of esters is 1. The van der Waals surface area contributed by atoms with Gasteiger partial charge in [0.25, 0.3) is 0 Å². The molecule has 3 rings (SSSR count). The number of halogens is 3. The van der Waals surface area contributed by atoms with Gasteiger partial charge in [0.1, 0.15) is 30.0 Å². The molecule has 0 bridgehead atoms. The molecule has 0 saturated carbocycles. The number of hydrogen-bond acceptors (Lipinski definition) is 5. The van der Waals surface area contributed by atoms with Gasteiger partial charge in [-0.15, -0.1) is 0 Å². The second kappa shape index (κ2) is 8.86. The minimum atomic E-state index is -3.97. The van der Waals surface area contributed by atoms with Gasteiger partial charge in [0.2, 0.25) is 0 Å². The summed E-state index contributed by atoms with van der Waals surface area (Å²) >= 11 is 5.96. The number of carbonyl (C=O) groups is 1. The van der Waals surface area contributed by atoms with E-state index in [0.717, 1.165) is 6.07 Å². The number of aromatic nitrogens is 1. The van der Waals surface area contributed by atoms with Crippen molar-refractivity contribution in [1.82, 2.24) is 10.1 Å². The minimum absolute atomic E-state index is 0.000474. The van der Waals surface area contributed by atoms with Gasteiger partial charge in [-0.05, 0) is 43.3 Å².